The van der Waals surface area contributed by atoms with Crippen molar-refractivity contribution in [2.75, 3.05) is 0 Å². The van der Waals surface area contributed by atoms with Crippen LogP contribution in [0.4, 0.5) is 5.69 Å². The van der Waals surface area contributed by atoms with E-state index in [0.29, 0.717) is 10.9 Å². The summed E-state index contributed by atoms with van der Waals surface area (Å²) in [5.74, 6) is -0.375. The quantitative estimate of drug-likeness (QED) is 0.547. The molecule has 3 rings (SSSR count). The number of carbonyl (C=O) groups is 1. The number of fused-ring (bicyclic) bond motifs is 1. The molecule has 1 aromatic heterocycles. The van der Waals surface area contributed by atoms with Gasteiger partial charge in [0.05, 0.1) is 16.5 Å². The lowest BCUT2D eigenvalue weighted by Gasteiger charge is -2.31. The van der Waals surface area contributed by atoms with Crippen molar-refractivity contribution >= 4 is 22.5 Å². The monoisotopic (exact) mass is 352 g/mol. The summed E-state index contributed by atoms with van der Waals surface area (Å²) in [5, 5.41) is 21.3. The number of amides is 1. The number of carbonyl (C=O) groups excluding carboxylic acids is 1. The largest absolute Gasteiger partial charge is 0.343 e. The van der Waals surface area contributed by atoms with Gasteiger partial charge in [0, 0.05) is 17.5 Å². The van der Waals surface area contributed by atoms with Gasteiger partial charge >= 0.3 is 0 Å². The van der Waals surface area contributed by atoms with Crippen LogP contribution in [0.25, 0.3) is 10.9 Å². The molecule has 2 aromatic carbocycles. The fourth-order valence-corrected chi connectivity index (χ4v) is 2.93. The van der Waals surface area contributed by atoms with Crippen LogP contribution in [0.3, 0.4) is 0 Å². The van der Waals surface area contributed by atoms with Crippen molar-refractivity contribution in [1.29, 1.82) is 0 Å². The minimum absolute atomic E-state index is 0.0802. The van der Waals surface area contributed by atoms with Gasteiger partial charge in [-0.2, -0.15) is 5.10 Å². The van der Waals surface area contributed by atoms with Crippen LogP contribution in [-0.4, -0.2) is 21.0 Å². The molecule has 0 spiro atoms. The molecule has 0 radical (unpaired) electrons. The smallest absolute Gasteiger partial charge is 0.272 e. The molecule has 0 saturated carbocycles. The van der Waals surface area contributed by atoms with E-state index in [2.05, 4.69) is 15.5 Å². The van der Waals surface area contributed by atoms with Gasteiger partial charge in [0.25, 0.3) is 11.6 Å². The summed E-state index contributed by atoms with van der Waals surface area (Å²) in [4.78, 5) is 23.4. The van der Waals surface area contributed by atoms with E-state index in [1.54, 1.807) is 6.07 Å². The third-order valence-corrected chi connectivity index (χ3v) is 4.25. The molecule has 0 aliphatic carbocycles. The van der Waals surface area contributed by atoms with E-state index in [-0.39, 0.29) is 28.7 Å². The van der Waals surface area contributed by atoms with Gasteiger partial charge in [-0.05, 0) is 17.0 Å². The zero-order valence-electron chi connectivity index (χ0n) is 14.8. The molecule has 1 unspecified atom stereocenters. The molecule has 0 fully saturated rings. The van der Waals surface area contributed by atoms with Gasteiger partial charge in [-0.1, -0.05) is 51.1 Å². The summed E-state index contributed by atoms with van der Waals surface area (Å²) in [6.45, 7) is 6.12. The highest BCUT2D eigenvalue weighted by Gasteiger charge is 2.29. The predicted octanol–water partition coefficient (Wildman–Crippen LogP) is 3.99. The van der Waals surface area contributed by atoms with Gasteiger partial charge in [0.15, 0.2) is 5.69 Å². The Balaban J connectivity index is 1.97. The minimum Gasteiger partial charge on any atom is -0.343 e. The van der Waals surface area contributed by atoms with Crippen molar-refractivity contribution in [3.63, 3.8) is 0 Å². The first kappa shape index (κ1) is 17.6. The summed E-state index contributed by atoms with van der Waals surface area (Å²) in [6, 6.07) is 13.8. The first-order chi connectivity index (χ1) is 12.3. The molecule has 7 nitrogen and oxygen atoms in total. The summed E-state index contributed by atoms with van der Waals surface area (Å²) in [7, 11) is 0. The molecule has 7 heteroatoms. The molecule has 1 amide bonds. The average molecular weight is 352 g/mol. The second-order valence-electron chi connectivity index (χ2n) is 7.24. The molecule has 1 atom stereocenters. The van der Waals surface area contributed by atoms with Gasteiger partial charge in [-0.3, -0.25) is 20.0 Å². The SMILES string of the molecule is CC(C)(C)C(NC(=O)c1n[nH]c2ccc([N+](=O)[O-])cc12)c1ccccc1. The number of nitrogens with zero attached hydrogens (tertiary/aromatic N) is 2. The molecule has 26 heavy (non-hydrogen) atoms. The number of rotatable bonds is 4. The second-order valence-corrected chi connectivity index (χ2v) is 7.24. The van der Waals surface area contributed by atoms with Gasteiger partial charge in [-0.25, -0.2) is 0 Å². The first-order valence-corrected chi connectivity index (χ1v) is 8.25. The Labute approximate surface area is 150 Å². The topological polar surface area (TPSA) is 101 Å². The van der Waals surface area contributed by atoms with E-state index < -0.39 is 4.92 Å². The number of aromatic nitrogens is 2. The number of nitrogens with one attached hydrogen (secondary N) is 2. The van der Waals surface area contributed by atoms with E-state index in [9.17, 15) is 14.9 Å². The lowest BCUT2D eigenvalue weighted by molar-refractivity contribution is -0.384. The maximum absolute atomic E-state index is 12.9. The summed E-state index contributed by atoms with van der Waals surface area (Å²) < 4.78 is 0. The standard InChI is InChI=1S/C19H20N4O3/c1-19(2,3)17(12-7-5-4-6-8-12)20-18(24)16-14-11-13(23(25)26)9-10-15(14)21-22-16/h4-11,17H,1-3H3,(H,20,24)(H,21,22). The fraction of sp³-hybridized carbons (Fsp3) is 0.263. The normalized spacial score (nSPS) is 12.7. The molecule has 0 aliphatic heterocycles. The van der Waals surface area contributed by atoms with Crippen LogP contribution < -0.4 is 5.32 Å². The van der Waals surface area contributed by atoms with E-state index >= 15 is 0 Å². The van der Waals surface area contributed by atoms with Crippen molar-refractivity contribution in [3.8, 4) is 0 Å². The van der Waals surface area contributed by atoms with E-state index in [1.165, 1.54) is 12.1 Å². The van der Waals surface area contributed by atoms with Crippen LogP contribution in [0.2, 0.25) is 0 Å². The number of benzene rings is 2. The van der Waals surface area contributed by atoms with Gasteiger partial charge in [0.2, 0.25) is 0 Å². The van der Waals surface area contributed by atoms with Crippen molar-refractivity contribution in [1.82, 2.24) is 15.5 Å². The van der Waals surface area contributed by atoms with E-state index in [1.807, 2.05) is 51.1 Å². The molecular weight excluding hydrogens is 332 g/mol. The number of hydrogen-bond acceptors (Lipinski definition) is 4. The van der Waals surface area contributed by atoms with Crippen LogP contribution in [0.15, 0.2) is 48.5 Å². The Morgan fingerprint density at radius 3 is 2.50 bits per heavy atom. The summed E-state index contributed by atoms with van der Waals surface area (Å²) in [6.07, 6.45) is 0. The fourth-order valence-electron chi connectivity index (χ4n) is 2.93. The number of H-pyrrole nitrogens is 1. The lowest BCUT2D eigenvalue weighted by atomic mass is 9.82. The van der Waals surface area contributed by atoms with Crippen LogP contribution in [0.1, 0.15) is 42.9 Å². The highest BCUT2D eigenvalue weighted by molar-refractivity contribution is 6.05. The second kappa shape index (κ2) is 6.59. The van der Waals surface area contributed by atoms with Crippen LogP contribution in [-0.2, 0) is 0 Å². The Bertz CT molecular complexity index is 958. The molecule has 2 N–H and O–H groups in total. The lowest BCUT2D eigenvalue weighted by Crippen LogP contribution is -2.36. The maximum atomic E-state index is 12.9. The average Bonchev–Trinajstić information content (AvgIpc) is 3.02. The van der Waals surface area contributed by atoms with Crippen molar-refractivity contribution in [2.24, 2.45) is 5.41 Å². The number of aromatic amines is 1. The van der Waals surface area contributed by atoms with Gasteiger partial charge in [-0.15, -0.1) is 0 Å². The summed E-state index contributed by atoms with van der Waals surface area (Å²) >= 11 is 0. The van der Waals surface area contributed by atoms with Crippen LogP contribution >= 0.6 is 0 Å². The highest BCUT2D eigenvalue weighted by Crippen LogP contribution is 2.33. The van der Waals surface area contributed by atoms with E-state index in [0.717, 1.165) is 5.56 Å². The Kier molecular flexibility index (Phi) is 4.46. The molecular formula is C19H20N4O3. The third kappa shape index (κ3) is 3.42. The Morgan fingerprint density at radius 2 is 1.88 bits per heavy atom. The van der Waals surface area contributed by atoms with Crippen molar-refractivity contribution in [2.45, 2.75) is 26.8 Å². The van der Waals surface area contributed by atoms with Gasteiger partial charge < -0.3 is 5.32 Å². The van der Waals surface area contributed by atoms with Crippen molar-refractivity contribution in [3.05, 3.63) is 69.9 Å². The number of nitro groups is 1. The molecule has 1 heterocycles. The van der Waals surface area contributed by atoms with Crippen LogP contribution in [0.5, 0.6) is 0 Å². The first-order valence-electron chi connectivity index (χ1n) is 8.25. The minimum atomic E-state index is -0.490. The number of hydrogen-bond donors (Lipinski definition) is 2. The van der Waals surface area contributed by atoms with E-state index in [4.69, 9.17) is 0 Å². The van der Waals surface area contributed by atoms with Crippen LogP contribution in [0, 0.1) is 15.5 Å². The third-order valence-electron chi connectivity index (χ3n) is 4.25. The molecule has 0 saturated heterocycles. The zero-order valence-corrected chi connectivity index (χ0v) is 14.8. The van der Waals surface area contributed by atoms with Crippen molar-refractivity contribution < 1.29 is 9.72 Å². The molecule has 3 aromatic rings. The molecule has 0 aliphatic rings. The highest BCUT2D eigenvalue weighted by atomic mass is 16.6. The molecule has 134 valence electrons. The molecule has 0 bridgehead atoms. The Hall–Kier alpha value is -3.22. The van der Waals surface area contributed by atoms with Gasteiger partial charge in [0.1, 0.15) is 0 Å². The summed E-state index contributed by atoms with van der Waals surface area (Å²) in [5.41, 5.74) is 1.40. The predicted molar refractivity (Wildman–Crippen MR) is 98.9 cm³/mol. The number of nitro benzene ring substituents is 1. The zero-order chi connectivity index (χ0) is 18.9. The maximum Gasteiger partial charge on any atom is 0.272 e. The Morgan fingerprint density at radius 1 is 1.19 bits per heavy atom. The number of non-ortho nitro benzene ring substituents is 1.